The van der Waals surface area contributed by atoms with Crippen LogP contribution in [0.4, 0.5) is 0 Å². The second-order valence-corrected chi connectivity index (χ2v) is 6.81. The quantitative estimate of drug-likeness (QED) is 0.754. The molecule has 1 aromatic rings. The van der Waals surface area contributed by atoms with Gasteiger partial charge in [-0.25, -0.2) is 0 Å². The van der Waals surface area contributed by atoms with Gasteiger partial charge in [-0.1, -0.05) is 0 Å². The molecule has 3 nitrogen and oxygen atoms in total. The van der Waals surface area contributed by atoms with Crippen molar-refractivity contribution in [2.45, 2.75) is 6.92 Å². The fraction of sp³-hybridized carbons (Fsp3) is 0.286. The first kappa shape index (κ1) is 10.9. The molecule has 1 unspecified atom stereocenters. The lowest BCUT2D eigenvalue weighted by atomic mass is 10.5. The van der Waals surface area contributed by atoms with Crippen LogP contribution in [0.2, 0.25) is 0 Å². The molecule has 0 aliphatic carbocycles. The number of nitrogens with zero attached hydrogens (tertiary/aromatic N) is 1. The highest BCUT2D eigenvalue weighted by atomic mass is 35.7. The zero-order valence-electron chi connectivity index (χ0n) is 7.01. The van der Waals surface area contributed by atoms with Crippen molar-refractivity contribution >= 4 is 28.9 Å². The maximum absolute atomic E-state index is 5.82. The van der Waals surface area contributed by atoms with E-state index in [1.165, 1.54) is 0 Å². The molecule has 0 bridgehead atoms. The van der Waals surface area contributed by atoms with Crippen LogP contribution in [-0.2, 0) is 16.3 Å². The van der Waals surface area contributed by atoms with Crippen LogP contribution in [0.15, 0.2) is 24.5 Å². The third kappa shape index (κ3) is 4.05. The Morgan fingerprint density at radius 1 is 1.69 bits per heavy atom. The molecular weight excluding hydrogens is 229 g/mol. The van der Waals surface area contributed by atoms with E-state index in [9.17, 15) is 0 Å². The lowest BCUT2D eigenvalue weighted by Crippen LogP contribution is -1.91. The summed E-state index contributed by atoms with van der Waals surface area (Å²) in [7, 11) is 0. The van der Waals surface area contributed by atoms with Gasteiger partial charge in [0.25, 0.3) is 0 Å². The highest BCUT2D eigenvalue weighted by Crippen LogP contribution is 2.53. The highest BCUT2D eigenvalue weighted by Gasteiger charge is 2.15. The molecule has 13 heavy (non-hydrogen) atoms. The summed E-state index contributed by atoms with van der Waals surface area (Å²) in [6.07, 6.45) is 3.19. The smallest absolute Gasteiger partial charge is 0.332 e. The summed E-state index contributed by atoms with van der Waals surface area (Å²) in [5, 5.41) is 0. The van der Waals surface area contributed by atoms with Crippen LogP contribution in [0.1, 0.15) is 6.92 Å². The van der Waals surface area contributed by atoms with Gasteiger partial charge >= 0.3 is 5.84 Å². The van der Waals surface area contributed by atoms with Crippen molar-refractivity contribution in [3.63, 3.8) is 0 Å². The third-order valence-corrected chi connectivity index (χ3v) is 3.17. The minimum atomic E-state index is -2.65. The lowest BCUT2D eigenvalue weighted by Gasteiger charge is -2.14. The summed E-state index contributed by atoms with van der Waals surface area (Å²) in [5.74, 6) is -2.11. The minimum Gasteiger partial charge on any atom is -0.431 e. The van der Waals surface area contributed by atoms with E-state index in [2.05, 4.69) is 4.98 Å². The van der Waals surface area contributed by atoms with Crippen LogP contribution < -0.4 is 4.52 Å². The first-order valence-electron chi connectivity index (χ1n) is 3.68. The first-order chi connectivity index (χ1) is 6.14. The standard InChI is InChI=1S/C7H9ClNO2PS/c1-2-10-12(8,13)11-7-4-3-5-9-6-7/h3-6H,2H2,1H3. The van der Waals surface area contributed by atoms with Crippen molar-refractivity contribution in [3.8, 4) is 5.75 Å². The van der Waals surface area contributed by atoms with E-state index < -0.39 is 5.84 Å². The minimum absolute atomic E-state index is 0.445. The molecule has 72 valence electrons. The number of pyridine rings is 1. The molecule has 0 fully saturated rings. The number of halogens is 1. The Morgan fingerprint density at radius 2 is 2.46 bits per heavy atom. The molecule has 1 atom stereocenters. The largest absolute Gasteiger partial charge is 0.431 e. The predicted molar refractivity (Wildman–Crippen MR) is 56.6 cm³/mol. The van der Waals surface area contributed by atoms with Gasteiger partial charge in [0.05, 0.1) is 12.8 Å². The summed E-state index contributed by atoms with van der Waals surface area (Å²) in [6, 6.07) is 3.48. The SMILES string of the molecule is CCOP(=S)(Cl)Oc1cccnc1. The average molecular weight is 238 g/mol. The Morgan fingerprint density at radius 3 is 3.00 bits per heavy atom. The number of hydrogen-bond acceptors (Lipinski definition) is 4. The molecule has 0 amide bonds. The van der Waals surface area contributed by atoms with Crippen LogP contribution in [0.25, 0.3) is 0 Å². The van der Waals surface area contributed by atoms with Gasteiger partial charge in [-0.05, 0) is 42.1 Å². The second kappa shape index (κ2) is 4.91. The molecule has 0 saturated heterocycles. The van der Waals surface area contributed by atoms with Crippen molar-refractivity contribution in [1.82, 2.24) is 4.98 Å². The third-order valence-electron chi connectivity index (χ3n) is 1.13. The summed E-state index contributed by atoms with van der Waals surface area (Å²) in [6.45, 7) is 2.26. The van der Waals surface area contributed by atoms with E-state index in [4.69, 9.17) is 32.1 Å². The molecule has 0 saturated carbocycles. The Labute approximate surface area is 87.0 Å². The van der Waals surface area contributed by atoms with E-state index in [0.717, 1.165) is 0 Å². The van der Waals surface area contributed by atoms with Gasteiger partial charge in [0.2, 0.25) is 0 Å². The Balaban J connectivity index is 2.64. The molecular formula is C7H9ClNO2PS. The fourth-order valence-corrected chi connectivity index (χ4v) is 2.53. The van der Waals surface area contributed by atoms with E-state index in [1.807, 2.05) is 6.92 Å². The molecule has 0 spiro atoms. The second-order valence-electron chi connectivity index (χ2n) is 2.13. The van der Waals surface area contributed by atoms with Gasteiger partial charge in [-0.15, -0.1) is 0 Å². The molecule has 6 heteroatoms. The van der Waals surface area contributed by atoms with Crippen LogP contribution in [-0.4, -0.2) is 11.6 Å². The van der Waals surface area contributed by atoms with Gasteiger partial charge in [0.15, 0.2) is 0 Å². The van der Waals surface area contributed by atoms with Gasteiger partial charge in [-0.3, -0.25) is 4.98 Å². The van der Waals surface area contributed by atoms with Gasteiger partial charge < -0.3 is 9.05 Å². The molecule has 1 aromatic heterocycles. The zero-order valence-corrected chi connectivity index (χ0v) is 9.48. The van der Waals surface area contributed by atoms with Gasteiger partial charge in [-0.2, -0.15) is 0 Å². The van der Waals surface area contributed by atoms with Crippen LogP contribution in [0, 0.1) is 0 Å². The maximum atomic E-state index is 5.82. The van der Waals surface area contributed by atoms with Gasteiger partial charge in [0, 0.05) is 6.20 Å². The monoisotopic (exact) mass is 237 g/mol. The van der Waals surface area contributed by atoms with E-state index >= 15 is 0 Å². The molecule has 1 heterocycles. The zero-order chi connectivity index (χ0) is 9.73. The highest BCUT2D eigenvalue weighted by molar-refractivity contribution is 8.22. The van der Waals surface area contributed by atoms with Crippen LogP contribution in [0.3, 0.4) is 0 Å². The van der Waals surface area contributed by atoms with Crippen LogP contribution >= 0.6 is 17.1 Å². The Kier molecular flexibility index (Phi) is 4.13. The lowest BCUT2D eigenvalue weighted by molar-refractivity contribution is 0.343. The first-order valence-corrected chi connectivity index (χ1v) is 7.22. The molecule has 0 radical (unpaired) electrons. The van der Waals surface area contributed by atoms with Crippen molar-refractivity contribution in [2.75, 3.05) is 6.61 Å². The molecule has 1 rings (SSSR count). The number of hydrogen-bond donors (Lipinski definition) is 0. The fourth-order valence-electron chi connectivity index (χ4n) is 0.708. The average Bonchev–Trinajstić information content (AvgIpc) is 2.04. The van der Waals surface area contributed by atoms with E-state index in [1.54, 1.807) is 24.5 Å². The van der Waals surface area contributed by atoms with Crippen molar-refractivity contribution < 1.29 is 9.05 Å². The topological polar surface area (TPSA) is 31.4 Å². The van der Waals surface area contributed by atoms with Crippen molar-refractivity contribution in [2.24, 2.45) is 0 Å². The summed E-state index contributed by atoms with van der Waals surface area (Å²) in [4.78, 5) is 3.86. The number of rotatable bonds is 4. The van der Waals surface area contributed by atoms with Gasteiger partial charge in [0.1, 0.15) is 5.75 Å². The molecule has 0 aliphatic rings. The van der Waals surface area contributed by atoms with Crippen molar-refractivity contribution in [3.05, 3.63) is 24.5 Å². The number of aromatic nitrogens is 1. The molecule has 0 N–H and O–H groups in total. The normalized spacial score (nSPS) is 14.9. The van der Waals surface area contributed by atoms with E-state index in [0.29, 0.717) is 12.4 Å². The van der Waals surface area contributed by atoms with Crippen LogP contribution in [0.5, 0.6) is 5.75 Å². The Hall–Kier alpha value is -0.150. The van der Waals surface area contributed by atoms with Crippen molar-refractivity contribution in [1.29, 1.82) is 0 Å². The Bertz CT molecular complexity index is 309. The summed E-state index contributed by atoms with van der Waals surface area (Å²) >= 11 is 10.8. The molecule has 0 aliphatic heterocycles. The van der Waals surface area contributed by atoms with E-state index in [-0.39, 0.29) is 0 Å². The predicted octanol–water partition coefficient (Wildman–Crippen LogP) is 2.96. The summed E-state index contributed by atoms with van der Waals surface area (Å²) in [5.41, 5.74) is 0. The summed E-state index contributed by atoms with van der Waals surface area (Å²) < 4.78 is 10.3. The molecule has 0 aromatic carbocycles. The maximum Gasteiger partial charge on any atom is 0.332 e.